The maximum atomic E-state index is 10.1. The Morgan fingerprint density at radius 1 is 0.974 bits per heavy atom. The minimum Gasteiger partial charge on any atom is -0.385 e. The third kappa shape index (κ3) is 6.29. The second-order valence-electron chi connectivity index (χ2n) is 8.19. The van der Waals surface area contributed by atoms with Crippen LogP contribution in [0.1, 0.15) is 34.4 Å². The highest BCUT2D eigenvalue weighted by Crippen LogP contribution is 2.37. The van der Waals surface area contributed by atoms with Crippen LogP contribution in [0.2, 0.25) is 0 Å². The van der Waals surface area contributed by atoms with Crippen molar-refractivity contribution in [2.24, 2.45) is 0 Å². The lowest BCUT2D eigenvalue weighted by atomic mass is 9.95. The number of benzene rings is 2. The molecule has 0 fully saturated rings. The van der Waals surface area contributed by atoms with E-state index < -0.39 is 0 Å². The molecule has 0 atom stereocenters. The predicted molar refractivity (Wildman–Crippen MR) is 150 cm³/mol. The molecule has 0 spiro atoms. The van der Waals surface area contributed by atoms with Crippen molar-refractivity contribution in [3.8, 4) is 29.3 Å². The molecule has 0 radical (unpaired) electrons. The summed E-state index contributed by atoms with van der Waals surface area (Å²) in [7, 11) is 1.68. The van der Waals surface area contributed by atoms with Crippen LogP contribution in [-0.2, 0) is 16.9 Å². The molecule has 0 aliphatic heterocycles. The van der Waals surface area contributed by atoms with Crippen molar-refractivity contribution in [2.45, 2.75) is 23.6 Å². The van der Waals surface area contributed by atoms with Gasteiger partial charge in [-0.3, -0.25) is 0 Å². The zero-order valence-corrected chi connectivity index (χ0v) is 22.2. The van der Waals surface area contributed by atoms with Gasteiger partial charge in [-0.2, -0.15) is 15.8 Å². The van der Waals surface area contributed by atoms with E-state index in [1.165, 1.54) is 23.1 Å². The lowest BCUT2D eigenvalue weighted by Gasteiger charge is -2.13. The molecule has 0 amide bonds. The van der Waals surface area contributed by atoms with Crippen molar-refractivity contribution in [3.05, 3.63) is 81.9 Å². The quantitative estimate of drug-likeness (QED) is 0.183. The fourth-order valence-electron chi connectivity index (χ4n) is 3.77. The van der Waals surface area contributed by atoms with Crippen LogP contribution in [-0.4, -0.2) is 23.7 Å². The van der Waals surface area contributed by atoms with Crippen LogP contribution in [0.15, 0.2) is 58.9 Å². The zero-order chi connectivity index (χ0) is 26.9. The fraction of sp³-hybridized carbons (Fsp3) is 0.179. The Balaban J connectivity index is 1.54. The Bertz CT molecular complexity index is 1540. The SMILES string of the molecule is COCCCc1ccc(-c2c(C#N)c(N)nc(SCc3csc(Nc4ccc(C#N)cc4)n3)c2C#N)cc1. The Labute approximate surface area is 229 Å². The van der Waals surface area contributed by atoms with Crippen LogP contribution in [0.5, 0.6) is 0 Å². The Hall–Kier alpha value is -4.40. The number of nitrogen functional groups attached to an aromatic ring is 1. The highest BCUT2D eigenvalue weighted by molar-refractivity contribution is 7.98. The number of anilines is 3. The van der Waals surface area contributed by atoms with Crippen molar-refractivity contribution in [1.29, 1.82) is 15.8 Å². The number of nitrogens with zero attached hydrogens (tertiary/aromatic N) is 5. The first-order valence-electron chi connectivity index (χ1n) is 11.6. The lowest BCUT2D eigenvalue weighted by molar-refractivity contribution is 0.195. The first-order valence-corrected chi connectivity index (χ1v) is 13.5. The minimum atomic E-state index is 0.0922. The molecule has 2 heterocycles. The molecule has 0 unspecified atom stereocenters. The van der Waals surface area contributed by atoms with Crippen LogP contribution in [0.3, 0.4) is 0 Å². The number of nitrogens with one attached hydrogen (secondary N) is 1. The van der Waals surface area contributed by atoms with Gasteiger partial charge in [-0.25, -0.2) is 9.97 Å². The van der Waals surface area contributed by atoms with E-state index in [-0.39, 0.29) is 11.4 Å². The molecular weight excluding hydrogens is 514 g/mol. The fourth-order valence-corrected chi connectivity index (χ4v) is 5.50. The van der Waals surface area contributed by atoms with Crippen molar-refractivity contribution >= 4 is 39.7 Å². The smallest absolute Gasteiger partial charge is 0.187 e. The monoisotopic (exact) mass is 537 g/mol. The standard InChI is InChI=1S/C28H23N7OS2/c1-36-12-2-3-18-4-8-20(9-5-18)25-23(14-30)26(32)35-27(24(25)15-31)37-16-22-17-38-28(34-22)33-21-10-6-19(13-29)7-11-21/h4-11,17H,2-3,12,16H2,1H3,(H2,32,35)(H,33,34). The number of aryl methyl sites for hydroxylation is 1. The van der Waals surface area contributed by atoms with Gasteiger partial charge in [0, 0.05) is 36.1 Å². The van der Waals surface area contributed by atoms with Gasteiger partial charge in [0.1, 0.15) is 28.5 Å². The second-order valence-corrected chi connectivity index (χ2v) is 10.0. The summed E-state index contributed by atoms with van der Waals surface area (Å²) in [4.78, 5) is 9.00. The maximum Gasteiger partial charge on any atom is 0.187 e. The van der Waals surface area contributed by atoms with Crippen LogP contribution >= 0.6 is 23.1 Å². The number of nitrogens with two attached hydrogens (primary N) is 1. The molecule has 10 heteroatoms. The number of thiazole rings is 1. The molecule has 4 aromatic rings. The van der Waals surface area contributed by atoms with Crippen LogP contribution in [0.25, 0.3) is 11.1 Å². The Morgan fingerprint density at radius 3 is 2.37 bits per heavy atom. The largest absolute Gasteiger partial charge is 0.385 e. The summed E-state index contributed by atoms with van der Waals surface area (Å²) in [6.07, 6.45) is 1.78. The number of hydrogen-bond donors (Lipinski definition) is 2. The van der Waals surface area contributed by atoms with E-state index in [9.17, 15) is 10.5 Å². The maximum absolute atomic E-state index is 10.1. The number of methoxy groups -OCH3 is 1. The van der Waals surface area contributed by atoms with Crippen molar-refractivity contribution < 1.29 is 4.74 Å². The van der Waals surface area contributed by atoms with E-state index in [2.05, 4.69) is 33.5 Å². The summed E-state index contributed by atoms with van der Waals surface area (Å²) in [5.41, 5.74) is 11.3. The predicted octanol–water partition coefficient (Wildman–Crippen LogP) is 6.02. The third-order valence-electron chi connectivity index (χ3n) is 5.65. The number of aromatic nitrogens is 2. The van der Waals surface area contributed by atoms with E-state index in [4.69, 9.17) is 15.7 Å². The number of hydrogen-bond acceptors (Lipinski definition) is 10. The summed E-state index contributed by atoms with van der Waals surface area (Å²) >= 11 is 2.81. The van der Waals surface area contributed by atoms with Crippen molar-refractivity contribution in [1.82, 2.24) is 9.97 Å². The van der Waals surface area contributed by atoms with Crippen LogP contribution in [0.4, 0.5) is 16.6 Å². The molecule has 0 aliphatic rings. The highest BCUT2D eigenvalue weighted by Gasteiger charge is 2.21. The number of ether oxygens (including phenoxy) is 1. The minimum absolute atomic E-state index is 0.0922. The van der Waals surface area contributed by atoms with Gasteiger partial charge < -0.3 is 15.8 Å². The molecule has 188 valence electrons. The average Bonchev–Trinajstić information content (AvgIpc) is 3.39. The Morgan fingerprint density at radius 2 is 1.71 bits per heavy atom. The normalized spacial score (nSPS) is 10.4. The molecule has 3 N–H and O–H groups in total. The second kappa shape index (κ2) is 12.7. The molecule has 0 aliphatic carbocycles. The van der Waals surface area contributed by atoms with E-state index in [0.29, 0.717) is 39.2 Å². The third-order valence-corrected chi connectivity index (χ3v) is 7.46. The summed E-state index contributed by atoms with van der Waals surface area (Å²) in [6, 6.07) is 21.4. The molecule has 8 nitrogen and oxygen atoms in total. The number of pyridine rings is 1. The molecule has 2 aromatic heterocycles. The van der Waals surface area contributed by atoms with E-state index in [1.54, 1.807) is 19.2 Å². The molecule has 0 saturated carbocycles. The zero-order valence-electron chi connectivity index (χ0n) is 20.6. The summed E-state index contributed by atoms with van der Waals surface area (Å²) in [5, 5.41) is 35.1. The molecule has 0 bridgehead atoms. The van der Waals surface area contributed by atoms with Gasteiger partial charge in [0.2, 0.25) is 0 Å². The van der Waals surface area contributed by atoms with Gasteiger partial charge in [0.25, 0.3) is 0 Å². The molecule has 38 heavy (non-hydrogen) atoms. The molecular formula is C28H23N7OS2. The highest BCUT2D eigenvalue weighted by atomic mass is 32.2. The topological polar surface area (TPSA) is 144 Å². The van der Waals surface area contributed by atoms with E-state index in [1.807, 2.05) is 41.8 Å². The summed E-state index contributed by atoms with van der Waals surface area (Å²) in [6.45, 7) is 0.687. The van der Waals surface area contributed by atoms with Crippen LogP contribution < -0.4 is 11.1 Å². The van der Waals surface area contributed by atoms with E-state index in [0.717, 1.165) is 35.3 Å². The van der Waals surface area contributed by atoms with Gasteiger partial charge in [-0.1, -0.05) is 36.0 Å². The lowest BCUT2D eigenvalue weighted by Crippen LogP contribution is -2.03. The summed E-state index contributed by atoms with van der Waals surface area (Å²) < 4.78 is 5.12. The number of thioether (sulfide) groups is 1. The molecule has 4 rings (SSSR count). The van der Waals surface area contributed by atoms with Crippen molar-refractivity contribution in [3.63, 3.8) is 0 Å². The van der Waals surface area contributed by atoms with Crippen LogP contribution in [0, 0.1) is 34.0 Å². The Kier molecular flexibility index (Phi) is 8.92. The van der Waals surface area contributed by atoms with Gasteiger partial charge in [0.15, 0.2) is 5.13 Å². The molecule has 0 saturated heterocycles. The van der Waals surface area contributed by atoms with Crippen molar-refractivity contribution in [2.75, 3.05) is 24.8 Å². The number of nitriles is 3. The van der Waals surface area contributed by atoms with Gasteiger partial charge in [0.05, 0.1) is 22.9 Å². The van der Waals surface area contributed by atoms with E-state index >= 15 is 0 Å². The van der Waals surface area contributed by atoms with Gasteiger partial charge in [-0.05, 0) is 48.2 Å². The molecule has 2 aromatic carbocycles. The summed E-state index contributed by atoms with van der Waals surface area (Å²) in [5.74, 6) is 0.561. The average molecular weight is 538 g/mol. The van der Waals surface area contributed by atoms with Gasteiger partial charge in [-0.15, -0.1) is 11.3 Å². The van der Waals surface area contributed by atoms with Gasteiger partial charge >= 0.3 is 0 Å². The first kappa shape index (κ1) is 26.7. The number of rotatable bonds is 10. The first-order chi connectivity index (χ1) is 18.6.